The van der Waals surface area contributed by atoms with Gasteiger partial charge < -0.3 is 5.32 Å². The molecule has 0 aliphatic carbocycles. The van der Waals surface area contributed by atoms with Crippen molar-refractivity contribution < 1.29 is 0 Å². The number of rotatable bonds is 0. The minimum absolute atomic E-state index is 0.733. The lowest BCUT2D eigenvalue weighted by Crippen LogP contribution is -2.53. The van der Waals surface area contributed by atoms with Gasteiger partial charge in [0.05, 0.1) is 0 Å². The molecule has 0 bridgehead atoms. The molecule has 2 atom stereocenters. The smallest absolute Gasteiger partial charge is 0.0247 e. The van der Waals surface area contributed by atoms with Crippen molar-refractivity contribution >= 4 is 0 Å². The van der Waals surface area contributed by atoms with Gasteiger partial charge in [-0.3, -0.25) is 4.90 Å². The van der Waals surface area contributed by atoms with Crippen LogP contribution in [0.25, 0.3) is 0 Å². The van der Waals surface area contributed by atoms with Crippen LogP contribution in [0, 0.1) is 0 Å². The predicted octanol–water partition coefficient (Wildman–Crippen LogP) is 0.442. The van der Waals surface area contributed by atoms with Crippen LogP contribution in [-0.4, -0.2) is 36.6 Å². The van der Waals surface area contributed by atoms with Gasteiger partial charge in [-0.15, -0.1) is 0 Å². The fraction of sp³-hybridized carbons (Fsp3) is 1.00. The highest BCUT2D eigenvalue weighted by molar-refractivity contribution is 4.90. The summed E-state index contributed by atoms with van der Waals surface area (Å²) in [6.07, 6.45) is 2.82. The molecule has 2 heteroatoms. The van der Waals surface area contributed by atoms with E-state index >= 15 is 0 Å². The molecule has 0 radical (unpaired) electrons. The first-order valence-corrected chi connectivity index (χ1v) is 4.35. The van der Waals surface area contributed by atoms with Crippen molar-refractivity contribution in [3.63, 3.8) is 0 Å². The van der Waals surface area contributed by atoms with E-state index in [-0.39, 0.29) is 0 Å². The molecule has 10 heavy (non-hydrogen) atoms. The number of piperazine rings is 1. The fourth-order valence-electron chi connectivity index (χ4n) is 2.27. The molecule has 2 fully saturated rings. The summed E-state index contributed by atoms with van der Waals surface area (Å²) in [7, 11) is 0. The SMILES string of the molecule is C[C@@H]1NCCN2CCC[C@@H]12. The van der Waals surface area contributed by atoms with E-state index in [9.17, 15) is 0 Å². The number of nitrogens with one attached hydrogen (secondary N) is 1. The van der Waals surface area contributed by atoms with Crippen LogP contribution < -0.4 is 5.32 Å². The van der Waals surface area contributed by atoms with Crippen LogP contribution in [-0.2, 0) is 0 Å². The minimum atomic E-state index is 0.733. The van der Waals surface area contributed by atoms with Crippen molar-refractivity contribution in [2.45, 2.75) is 31.8 Å². The van der Waals surface area contributed by atoms with Gasteiger partial charge in [-0.05, 0) is 26.3 Å². The third-order valence-electron chi connectivity index (χ3n) is 2.86. The van der Waals surface area contributed by atoms with Gasteiger partial charge >= 0.3 is 0 Å². The molecule has 1 N–H and O–H groups in total. The maximum absolute atomic E-state index is 3.51. The molecule has 2 aliphatic heterocycles. The molecule has 2 nitrogen and oxygen atoms in total. The first-order chi connectivity index (χ1) is 4.88. The Morgan fingerprint density at radius 3 is 3.10 bits per heavy atom. The molecular weight excluding hydrogens is 124 g/mol. The zero-order chi connectivity index (χ0) is 6.97. The second-order valence-electron chi connectivity index (χ2n) is 3.49. The van der Waals surface area contributed by atoms with Crippen molar-refractivity contribution in [3.05, 3.63) is 0 Å². The van der Waals surface area contributed by atoms with Gasteiger partial charge in [0.15, 0.2) is 0 Å². The van der Waals surface area contributed by atoms with Crippen molar-refractivity contribution in [1.82, 2.24) is 10.2 Å². The maximum Gasteiger partial charge on any atom is 0.0247 e. The maximum atomic E-state index is 3.51. The molecule has 2 rings (SSSR count). The molecule has 0 unspecified atom stereocenters. The number of hydrogen-bond acceptors (Lipinski definition) is 2. The van der Waals surface area contributed by atoms with E-state index in [2.05, 4.69) is 17.1 Å². The topological polar surface area (TPSA) is 15.3 Å². The molecular formula is C8H16N2. The molecule has 58 valence electrons. The fourth-order valence-corrected chi connectivity index (χ4v) is 2.27. The van der Waals surface area contributed by atoms with E-state index in [4.69, 9.17) is 0 Å². The lowest BCUT2D eigenvalue weighted by atomic mass is 10.1. The van der Waals surface area contributed by atoms with Gasteiger partial charge in [-0.25, -0.2) is 0 Å². The van der Waals surface area contributed by atoms with Gasteiger partial charge in [-0.1, -0.05) is 0 Å². The van der Waals surface area contributed by atoms with Gasteiger partial charge in [0.2, 0.25) is 0 Å². The predicted molar refractivity (Wildman–Crippen MR) is 42.1 cm³/mol. The molecule has 0 spiro atoms. The number of hydrogen-bond donors (Lipinski definition) is 1. The minimum Gasteiger partial charge on any atom is -0.311 e. The Morgan fingerprint density at radius 1 is 1.40 bits per heavy atom. The average molecular weight is 140 g/mol. The molecule has 0 aromatic rings. The largest absolute Gasteiger partial charge is 0.311 e. The standard InChI is InChI=1S/C8H16N2/c1-7-8-3-2-5-10(8)6-4-9-7/h7-9H,2-6H2,1H3/t7-,8-/m0/s1. The molecule has 0 aromatic heterocycles. The molecule has 0 amide bonds. The average Bonchev–Trinajstić information content (AvgIpc) is 2.36. The van der Waals surface area contributed by atoms with E-state index in [0.717, 1.165) is 12.1 Å². The van der Waals surface area contributed by atoms with Crippen molar-refractivity contribution in [2.24, 2.45) is 0 Å². The van der Waals surface area contributed by atoms with Crippen LogP contribution in [0.3, 0.4) is 0 Å². The first-order valence-electron chi connectivity index (χ1n) is 4.35. The molecule has 0 aromatic carbocycles. The summed E-state index contributed by atoms with van der Waals surface area (Å²) in [5.74, 6) is 0. The summed E-state index contributed by atoms with van der Waals surface area (Å²) < 4.78 is 0. The van der Waals surface area contributed by atoms with Crippen LogP contribution in [0.4, 0.5) is 0 Å². The Morgan fingerprint density at radius 2 is 2.30 bits per heavy atom. The Bertz CT molecular complexity index is 124. The normalized spacial score (nSPS) is 41.7. The van der Waals surface area contributed by atoms with Crippen LogP contribution in [0.5, 0.6) is 0 Å². The summed E-state index contributed by atoms with van der Waals surface area (Å²) in [5.41, 5.74) is 0. The summed E-state index contributed by atoms with van der Waals surface area (Å²) in [6.45, 7) is 6.12. The Kier molecular flexibility index (Phi) is 1.66. The van der Waals surface area contributed by atoms with Crippen LogP contribution in [0.2, 0.25) is 0 Å². The van der Waals surface area contributed by atoms with Gasteiger partial charge in [0.1, 0.15) is 0 Å². The first kappa shape index (κ1) is 6.62. The Hall–Kier alpha value is -0.0800. The second-order valence-corrected chi connectivity index (χ2v) is 3.49. The molecule has 0 saturated carbocycles. The second kappa shape index (κ2) is 2.51. The van der Waals surface area contributed by atoms with Crippen molar-refractivity contribution in [3.8, 4) is 0 Å². The lowest BCUT2D eigenvalue weighted by molar-refractivity contribution is 0.171. The highest BCUT2D eigenvalue weighted by Gasteiger charge is 2.31. The third-order valence-corrected chi connectivity index (χ3v) is 2.86. The van der Waals surface area contributed by atoms with Crippen LogP contribution >= 0.6 is 0 Å². The summed E-state index contributed by atoms with van der Waals surface area (Å²) in [5, 5.41) is 3.51. The van der Waals surface area contributed by atoms with E-state index in [1.54, 1.807) is 0 Å². The van der Waals surface area contributed by atoms with E-state index in [0.29, 0.717) is 0 Å². The molecule has 2 aliphatic rings. The number of nitrogens with zero attached hydrogens (tertiary/aromatic N) is 1. The summed E-state index contributed by atoms with van der Waals surface area (Å²) in [6, 6.07) is 1.59. The zero-order valence-corrected chi connectivity index (χ0v) is 6.64. The van der Waals surface area contributed by atoms with Crippen molar-refractivity contribution in [2.75, 3.05) is 19.6 Å². The van der Waals surface area contributed by atoms with E-state index in [1.165, 1.54) is 32.5 Å². The highest BCUT2D eigenvalue weighted by atomic mass is 15.2. The van der Waals surface area contributed by atoms with E-state index in [1.807, 2.05) is 0 Å². The van der Waals surface area contributed by atoms with E-state index < -0.39 is 0 Å². The molecule has 2 heterocycles. The van der Waals surface area contributed by atoms with Gasteiger partial charge in [0, 0.05) is 25.2 Å². The zero-order valence-electron chi connectivity index (χ0n) is 6.64. The quantitative estimate of drug-likeness (QED) is 0.525. The number of fused-ring (bicyclic) bond motifs is 1. The van der Waals surface area contributed by atoms with Crippen LogP contribution in [0.15, 0.2) is 0 Å². The summed E-state index contributed by atoms with van der Waals surface area (Å²) >= 11 is 0. The van der Waals surface area contributed by atoms with Crippen LogP contribution in [0.1, 0.15) is 19.8 Å². The third kappa shape index (κ3) is 0.956. The highest BCUT2D eigenvalue weighted by Crippen LogP contribution is 2.21. The lowest BCUT2D eigenvalue weighted by Gasteiger charge is -2.35. The van der Waals surface area contributed by atoms with Gasteiger partial charge in [-0.2, -0.15) is 0 Å². The Balaban J connectivity index is 2.03. The Labute approximate surface area is 62.6 Å². The van der Waals surface area contributed by atoms with Gasteiger partial charge in [0.25, 0.3) is 0 Å². The molecule has 2 saturated heterocycles. The summed E-state index contributed by atoms with van der Waals surface area (Å²) in [4.78, 5) is 2.63. The monoisotopic (exact) mass is 140 g/mol. The van der Waals surface area contributed by atoms with Crippen molar-refractivity contribution in [1.29, 1.82) is 0 Å².